The van der Waals surface area contributed by atoms with Crippen LogP contribution in [0.15, 0.2) is 65.6 Å². The highest BCUT2D eigenvalue weighted by atomic mass is 32.2. The lowest BCUT2D eigenvalue weighted by Gasteiger charge is -2.08. The minimum atomic E-state index is -0.362. The lowest BCUT2D eigenvalue weighted by molar-refractivity contribution is 0.196. The summed E-state index contributed by atoms with van der Waals surface area (Å²) in [5.41, 5.74) is 3.88. The molecule has 0 aliphatic heterocycles. The molecule has 0 bridgehead atoms. The molecule has 2 heteroatoms. The molecule has 2 aromatic rings. The van der Waals surface area contributed by atoms with Crippen molar-refractivity contribution < 1.29 is 5.11 Å². The van der Waals surface area contributed by atoms with Gasteiger partial charge in [0.2, 0.25) is 0 Å². The van der Waals surface area contributed by atoms with Gasteiger partial charge >= 0.3 is 0 Å². The predicted octanol–water partition coefficient (Wildman–Crippen LogP) is 7.80. The van der Waals surface area contributed by atoms with E-state index in [2.05, 4.69) is 71.0 Å². The average Bonchev–Trinajstić information content (AvgIpc) is 2.62. The molecule has 2 aromatic carbocycles. The molecule has 1 nitrogen and oxygen atoms in total. The first kappa shape index (κ1) is 25.5. The molecule has 1 atom stereocenters. The summed E-state index contributed by atoms with van der Waals surface area (Å²) in [4.78, 5) is 1.16. The Hall–Kier alpha value is -1.51. The monoisotopic (exact) mass is 386 g/mol. The standard InChI is InChI=1S/C10H14.C9H12OS.C6H12/c1-8(2)10-7-5-4-6-9(10)3;1-7(10)8-5-3-4-6-9(8)11-2;1-4-5-6(2)3/h4-8H,1-3H3;3-7,10H,1-2H3;4-6H,1-3H3/b;;5-4+. The number of allylic oxidation sites excluding steroid dienone is 2. The summed E-state index contributed by atoms with van der Waals surface area (Å²) in [7, 11) is 0. The summed E-state index contributed by atoms with van der Waals surface area (Å²) in [5, 5.41) is 9.32. The fraction of sp³-hybridized carbons (Fsp3) is 0.440. The zero-order valence-corrected chi connectivity index (χ0v) is 19.2. The first-order chi connectivity index (χ1) is 12.7. The first-order valence-electron chi connectivity index (χ1n) is 9.73. The van der Waals surface area contributed by atoms with E-state index < -0.39 is 0 Å². The smallest absolute Gasteiger partial charge is 0.0772 e. The van der Waals surface area contributed by atoms with Gasteiger partial charge in [0.15, 0.2) is 0 Å². The van der Waals surface area contributed by atoms with Crippen molar-refractivity contribution in [1.29, 1.82) is 0 Å². The van der Waals surface area contributed by atoms with Crippen LogP contribution in [0.5, 0.6) is 0 Å². The predicted molar refractivity (Wildman–Crippen MR) is 124 cm³/mol. The van der Waals surface area contributed by atoms with Crippen LogP contribution in [0.3, 0.4) is 0 Å². The van der Waals surface area contributed by atoms with Crippen molar-refractivity contribution in [3.05, 3.63) is 77.4 Å². The van der Waals surface area contributed by atoms with Gasteiger partial charge in [-0.15, -0.1) is 11.8 Å². The highest BCUT2D eigenvalue weighted by molar-refractivity contribution is 7.98. The molecule has 27 heavy (non-hydrogen) atoms. The van der Waals surface area contributed by atoms with Crippen LogP contribution >= 0.6 is 11.8 Å². The third-order valence-corrected chi connectivity index (χ3v) is 4.79. The largest absolute Gasteiger partial charge is 0.389 e. The number of rotatable bonds is 4. The van der Waals surface area contributed by atoms with Crippen LogP contribution in [0, 0.1) is 12.8 Å². The molecule has 0 fully saturated rings. The minimum absolute atomic E-state index is 0.362. The third-order valence-electron chi connectivity index (χ3n) is 3.98. The van der Waals surface area contributed by atoms with E-state index in [-0.39, 0.29) is 6.10 Å². The summed E-state index contributed by atoms with van der Waals surface area (Å²) < 4.78 is 0. The van der Waals surface area contributed by atoms with Crippen LogP contribution in [0.4, 0.5) is 0 Å². The second-order valence-corrected chi connectivity index (χ2v) is 8.05. The van der Waals surface area contributed by atoms with Gasteiger partial charge < -0.3 is 5.11 Å². The molecule has 0 radical (unpaired) electrons. The second kappa shape index (κ2) is 14.5. The molecule has 0 aliphatic carbocycles. The topological polar surface area (TPSA) is 20.2 Å². The molecular weight excluding hydrogens is 348 g/mol. The molecule has 2 rings (SSSR count). The number of hydrogen-bond donors (Lipinski definition) is 1. The average molecular weight is 387 g/mol. The Kier molecular flexibility index (Phi) is 13.7. The van der Waals surface area contributed by atoms with Gasteiger partial charge in [0.05, 0.1) is 6.10 Å². The minimum Gasteiger partial charge on any atom is -0.389 e. The molecule has 150 valence electrons. The Morgan fingerprint density at radius 3 is 1.67 bits per heavy atom. The summed E-state index contributed by atoms with van der Waals surface area (Å²) in [6.45, 7) is 14.8. The third kappa shape index (κ3) is 11.0. The molecule has 0 saturated carbocycles. The molecular formula is C25H38OS. The molecule has 1 N–H and O–H groups in total. The van der Waals surface area contributed by atoms with Gasteiger partial charge in [-0.05, 0) is 61.6 Å². The van der Waals surface area contributed by atoms with E-state index in [0.717, 1.165) is 16.4 Å². The quantitative estimate of drug-likeness (QED) is 0.427. The van der Waals surface area contributed by atoms with Crippen molar-refractivity contribution in [2.45, 2.75) is 65.4 Å². The number of aliphatic hydroxyl groups excluding tert-OH is 1. The van der Waals surface area contributed by atoms with Crippen molar-refractivity contribution in [2.75, 3.05) is 6.26 Å². The number of benzene rings is 2. The fourth-order valence-electron chi connectivity index (χ4n) is 2.63. The van der Waals surface area contributed by atoms with E-state index in [9.17, 15) is 5.11 Å². The maximum Gasteiger partial charge on any atom is 0.0772 e. The molecule has 0 amide bonds. The van der Waals surface area contributed by atoms with Crippen LogP contribution in [0.25, 0.3) is 0 Å². The molecule has 0 aliphatic rings. The van der Waals surface area contributed by atoms with Gasteiger partial charge in [0.25, 0.3) is 0 Å². The SMILES string of the molecule is C/C=C/C(C)C.CSc1ccccc1C(C)O.Cc1ccccc1C(C)C. The second-order valence-electron chi connectivity index (χ2n) is 7.20. The molecule has 0 spiro atoms. The van der Waals surface area contributed by atoms with Crippen molar-refractivity contribution in [3.8, 4) is 0 Å². The van der Waals surface area contributed by atoms with Crippen molar-refractivity contribution >= 4 is 11.8 Å². The number of aryl methyl sites for hydroxylation is 1. The van der Waals surface area contributed by atoms with E-state index in [1.807, 2.05) is 37.4 Å². The maximum absolute atomic E-state index is 9.32. The van der Waals surface area contributed by atoms with Gasteiger partial charge in [-0.25, -0.2) is 0 Å². The van der Waals surface area contributed by atoms with E-state index in [4.69, 9.17) is 0 Å². The van der Waals surface area contributed by atoms with Gasteiger partial charge in [-0.2, -0.15) is 0 Å². The van der Waals surface area contributed by atoms with E-state index in [0.29, 0.717) is 5.92 Å². The fourth-order valence-corrected chi connectivity index (χ4v) is 3.32. The van der Waals surface area contributed by atoms with Crippen LogP contribution < -0.4 is 0 Å². The van der Waals surface area contributed by atoms with E-state index in [1.165, 1.54) is 11.1 Å². The highest BCUT2D eigenvalue weighted by Crippen LogP contribution is 2.24. The van der Waals surface area contributed by atoms with Gasteiger partial charge in [-0.1, -0.05) is 82.3 Å². The Bertz CT molecular complexity index is 657. The molecule has 0 aromatic heterocycles. The van der Waals surface area contributed by atoms with Crippen molar-refractivity contribution in [1.82, 2.24) is 0 Å². The zero-order chi connectivity index (χ0) is 20.8. The van der Waals surface area contributed by atoms with Crippen molar-refractivity contribution in [3.63, 3.8) is 0 Å². The Balaban J connectivity index is 0.000000394. The molecule has 0 heterocycles. The van der Waals surface area contributed by atoms with E-state index >= 15 is 0 Å². The number of aliphatic hydroxyl groups is 1. The Morgan fingerprint density at radius 1 is 0.852 bits per heavy atom. The summed E-state index contributed by atoms with van der Waals surface area (Å²) in [5.74, 6) is 1.37. The normalized spacial score (nSPS) is 11.7. The van der Waals surface area contributed by atoms with Crippen molar-refractivity contribution in [2.24, 2.45) is 5.92 Å². The van der Waals surface area contributed by atoms with Gasteiger partial charge in [-0.3, -0.25) is 0 Å². The lowest BCUT2D eigenvalue weighted by Crippen LogP contribution is -1.92. The summed E-state index contributed by atoms with van der Waals surface area (Å²) >= 11 is 1.66. The van der Waals surface area contributed by atoms with Crippen LogP contribution in [-0.2, 0) is 0 Å². The maximum atomic E-state index is 9.32. The number of thioether (sulfide) groups is 1. The van der Waals surface area contributed by atoms with E-state index in [1.54, 1.807) is 18.7 Å². The van der Waals surface area contributed by atoms with Gasteiger partial charge in [0.1, 0.15) is 0 Å². The molecule has 0 saturated heterocycles. The molecule has 1 unspecified atom stereocenters. The zero-order valence-electron chi connectivity index (χ0n) is 18.4. The number of hydrogen-bond acceptors (Lipinski definition) is 2. The van der Waals surface area contributed by atoms with Crippen LogP contribution in [0.1, 0.15) is 70.3 Å². The van der Waals surface area contributed by atoms with Crippen LogP contribution in [-0.4, -0.2) is 11.4 Å². The highest BCUT2D eigenvalue weighted by Gasteiger charge is 2.04. The van der Waals surface area contributed by atoms with Gasteiger partial charge in [0, 0.05) is 4.90 Å². The Morgan fingerprint density at radius 2 is 1.37 bits per heavy atom. The first-order valence-corrected chi connectivity index (χ1v) is 11.0. The summed E-state index contributed by atoms with van der Waals surface area (Å²) in [6.07, 6.45) is 5.89. The summed E-state index contributed by atoms with van der Waals surface area (Å²) in [6, 6.07) is 16.4. The Labute approximate surface area is 171 Å². The lowest BCUT2D eigenvalue weighted by atomic mass is 9.99. The van der Waals surface area contributed by atoms with Crippen LogP contribution in [0.2, 0.25) is 0 Å².